The zero-order valence-electron chi connectivity index (χ0n) is 19.2. The number of nitrogens with zero attached hydrogens (tertiary/aromatic N) is 4. The Labute approximate surface area is 180 Å². The van der Waals surface area contributed by atoms with E-state index in [1.54, 1.807) is 12.2 Å². The largest absolute Gasteiger partial charge is 0.235 e. The van der Waals surface area contributed by atoms with Crippen molar-refractivity contribution in [2.45, 2.75) is 79.2 Å². The van der Waals surface area contributed by atoms with Crippen LogP contribution in [0.5, 0.6) is 0 Å². The Hall–Kier alpha value is -2.48. The number of hydrogen-bond donors (Lipinski definition) is 0. The van der Waals surface area contributed by atoms with Crippen molar-refractivity contribution >= 4 is 24.3 Å². The van der Waals surface area contributed by atoms with Crippen molar-refractivity contribution in [3.63, 3.8) is 0 Å². The number of isocyanates is 4. The SMILES string of the molecule is CC(CCCCN=C=O)C(C)(C)N=C=O.CC(CCN=C=O)CC(C)(C)CN=C=O. The predicted molar refractivity (Wildman–Crippen MR) is 116 cm³/mol. The first-order chi connectivity index (χ1) is 14.1. The van der Waals surface area contributed by atoms with Crippen LogP contribution in [0.15, 0.2) is 20.0 Å². The van der Waals surface area contributed by atoms with Gasteiger partial charge in [0.1, 0.15) is 0 Å². The fourth-order valence-corrected chi connectivity index (χ4v) is 2.95. The van der Waals surface area contributed by atoms with Crippen molar-refractivity contribution in [3.05, 3.63) is 0 Å². The highest BCUT2D eigenvalue weighted by Gasteiger charge is 2.24. The molecule has 0 radical (unpaired) electrons. The lowest BCUT2D eigenvalue weighted by Crippen LogP contribution is -2.26. The Morgan fingerprint density at radius 1 is 0.733 bits per heavy atom. The maximum atomic E-state index is 10.2. The summed E-state index contributed by atoms with van der Waals surface area (Å²) in [7, 11) is 0. The first-order valence-corrected chi connectivity index (χ1v) is 10.3. The number of aliphatic imine (C=N–C) groups is 4. The quantitative estimate of drug-likeness (QED) is 0.236. The van der Waals surface area contributed by atoms with Crippen LogP contribution < -0.4 is 0 Å². The highest BCUT2D eigenvalue weighted by Crippen LogP contribution is 2.27. The fraction of sp³-hybridized carbons (Fsp3) is 0.818. The van der Waals surface area contributed by atoms with E-state index in [4.69, 9.17) is 0 Å². The van der Waals surface area contributed by atoms with Gasteiger partial charge >= 0.3 is 0 Å². The average molecular weight is 421 g/mol. The summed E-state index contributed by atoms with van der Waals surface area (Å²) >= 11 is 0. The maximum Gasteiger partial charge on any atom is 0.235 e. The second kappa shape index (κ2) is 17.4. The van der Waals surface area contributed by atoms with E-state index in [0.717, 1.165) is 32.1 Å². The molecule has 8 heteroatoms. The van der Waals surface area contributed by atoms with E-state index in [0.29, 0.717) is 31.5 Å². The first-order valence-electron chi connectivity index (χ1n) is 10.3. The second-order valence-electron chi connectivity index (χ2n) is 8.87. The van der Waals surface area contributed by atoms with E-state index >= 15 is 0 Å². The molecule has 0 aromatic rings. The zero-order valence-corrected chi connectivity index (χ0v) is 19.2. The van der Waals surface area contributed by atoms with Gasteiger partial charge in [0.25, 0.3) is 0 Å². The molecular formula is C22H36N4O4. The molecule has 8 nitrogen and oxygen atoms in total. The second-order valence-corrected chi connectivity index (χ2v) is 8.87. The Bertz CT molecular complexity index is 665. The minimum absolute atomic E-state index is 0.00171. The minimum Gasteiger partial charge on any atom is -0.211 e. The van der Waals surface area contributed by atoms with Crippen LogP contribution >= 0.6 is 0 Å². The summed E-state index contributed by atoms with van der Waals surface area (Å²) in [6.45, 7) is 13.7. The highest BCUT2D eigenvalue weighted by atomic mass is 16.1. The van der Waals surface area contributed by atoms with Crippen molar-refractivity contribution in [3.8, 4) is 0 Å². The molecule has 0 saturated carbocycles. The molecule has 168 valence electrons. The van der Waals surface area contributed by atoms with Crippen LogP contribution in [0, 0.1) is 17.3 Å². The number of unbranched alkanes of at least 4 members (excludes halogenated alkanes) is 1. The van der Waals surface area contributed by atoms with Crippen LogP contribution in [0.2, 0.25) is 0 Å². The van der Waals surface area contributed by atoms with Gasteiger partial charge in [-0.25, -0.2) is 34.2 Å². The van der Waals surface area contributed by atoms with E-state index in [1.807, 2.05) is 13.8 Å². The van der Waals surface area contributed by atoms with Crippen LogP contribution in [0.1, 0.15) is 73.6 Å². The van der Waals surface area contributed by atoms with Crippen molar-refractivity contribution in [1.29, 1.82) is 0 Å². The van der Waals surface area contributed by atoms with E-state index in [9.17, 15) is 19.2 Å². The highest BCUT2D eigenvalue weighted by molar-refractivity contribution is 5.34. The van der Waals surface area contributed by atoms with E-state index in [-0.39, 0.29) is 11.0 Å². The zero-order chi connectivity index (χ0) is 23.5. The molecule has 0 N–H and O–H groups in total. The molecule has 0 aliphatic rings. The summed E-state index contributed by atoms with van der Waals surface area (Å²) in [6, 6.07) is 0. The van der Waals surface area contributed by atoms with Gasteiger partial charge in [-0.2, -0.15) is 4.99 Å². The van der Waals surface area contributed by atoms with Gasteiger partial charge in [0.15, 0.2) is 0 Å². The van der Waals surface area contributed by atoms with E-state index < -0.39 is 0 Å². The third-order valence-corrected chi connectivity index (χ3v) is 5.03. The van der Waals surface area contributed by atoms with Crippen molar-refractivity contribution in [1.82, 2.24) is 0 Å². The molecule has 0 heterocycles. The number of rotatable bonds is 14. The van der Waals surface area contributed by atoms with Gasteiger partial charge in [-0.1, -0.05) is 34.1 Å². The summed E-state index contributed by atoms with van der Waals surface area (Å²) < 4.78 is 0. The molecule has 0 spiro atoms. The lowest BCUT2D eigenvalue weighted by Gasteiger charge is -2.25. The van der Waals surface area contributed by atoms with Crippen molar-refractivity contribution < 1.29 is 19.2 Å². The summed E-state index contributed by atoms with van der Waals surface area (Å²) in [5, 5.41) is 0. The van der Waals surface area contributed by atoms with Crippen LogP contribution in [-0.2, 0) is 19.2 Å². The third kappa shape index (κ3) is 17.6. The molecule has 0 aromatic heterocycles. The predicted octanol–water partition coefficient (Wildman–Crippen LogP) is 4.34. The summed E-state index contributed by atoms with van der Waals surface area (Å²) in [4.78, 5) is 54.2. The first kappa shape index (κ1) is 29.7. The standard InChI is InChI=1S/2C11H18N2O2/c1-10(4-5-12-8-14)6-11(2,3)7-13-9-15;1-10(11(2,3)13-9-15)6-4-5-7-12-8-14/h2*10H,4-7H2,1-3H3. The molecule has 0 aliphatic heterocycles. The van der Waals surface area contributed by atoms with Crippen LogP contribution in [0.3, 0.4) is 0 Å². The monoisotopic (exact) mass is 420 g/mol. The number of carbonyl (C=O) groups excluding carboxylic acids is 4. The molecule has 30 heavy (non-hydrogen) atoms. The van der Waals surface area contributed by atoms with Crippen molar-refractivity contribution in [2.24, 2.45) is 37.2 Å². The summed E-state index contributed by atoms with van der Waals surface area (Å²) in [6.07, 6.45) is 10.8. The van der Waals surface area contributed by atoms with Crippen LogP contribution in [-0.4, -0.2) is 49.5 Å². The third-order valence-electron chi connectivity index (χ3n) is 5.03. The Balaban J connectivity index is 0. The topological polar surface area (TPSA) is 118 Å². The molecule has 0 aromatic carbocycles. The van der Waals surface area contributed by atoms with E-state index in [2.05, 4.69) is 47.7 Å². The molecule has 0 fully saturated rings. The minimum atomic E-state index is -0.352. The van der Waals surface area contributed by atoms with Gasteiger partial charge in [0.05, 0.1) is 25.2 Å². The van der Waals surface area contributed by atoms with Gasteiger partial charge in [-0.05, 0) is 56.8 Å². The van der Waals surface area contributed by atoms with Crippen LogP contribution in [0.25, 0.3) is 0 Å². The molecule has 2 atom stereocenters. The summed E-state index contributed by atoms with van der Waals surface area (Å²) in [5.41, 5.74) is -0.350. The van der Waals surface area contributed by atoms with E-state index in [1.165, 1.54) is 12.2 Å². The van der Waals surface area contributed by atoms with Gasteiger partial charge < -0.3 is 0 Å². The fourth-order valence-electron chi connectivity index (χ4n) is 2.95. The maximum absolute atomic E-state index is 10.2. The number of hydrogen-bond acceptors (Lipinski definition) is 8. The van der Waals surface area contributed by atoms with Gasteiger partial charge in [-0.15, -0.1) is 0 Å². The molecule has 2 unspecified atom stereocenters. The lowest BCUT2D eigenvalue weighted by molar-refractivity contribution is 0.280. The normalized spacial score (nSPS) is 12.5. The molecular weight excluding hydrogens is 384 g/mol. The average Bonchev–Trinajstić information content (AvgIpc) is 2.66. The van der Waals surface area contributed by atoms with Gasteiger partial charge in [0, 0.05) is 0 Å². The summed E-state index contributed by atoms with van der Waals surface area (Å²) in [5.74, 6) is 0.776. The Morgan fingerprint density at radius 2 is 1.30 bits per heavy atom. The van der Waals surface area contributed by atoms with Crippen LogP contribution in [0.4, 0.5) is 0 Å². The molecule has 0 amide bonds. The molecule has 0 rings (SSSR count). The molecule has 0 aliphatic carbocycles. The molecule has 0 bridgehead atoms. The lowest BCUT2D eigenvalue weighted by atomic mass is 9.82. The van der Waals surface area contributed by atoms with Crippen molar-refractivity contribution in [2.75, 3.05) is 19.6 Å². The Kier molecular flexibility index (Phi) is 17.2. The Morgan fingerprint density at radius 3 is 1.83 bits per heavy atom. The van der Waals surface area contributed by atoms with Gasteiger partial charge in [-0.3, -0.25) is 0 Å². The smallest absolute Gasteiger partial charge is 0.211 e. The van der Waals surface area contributed by atoms with Gasteiger partial charge in [0.2, 0.25) is 24.3 Å². The molecule has 0 saturated heterocycles.